The van der Waals surface area contributed by atoms with Crippen LogP contribution in [0.1, 0.15) is 97.3 Å². The molecular formula is C30H34Cl2F3N3O4. The topological polar surface area (TPSA) is 92.5 Å². The Kier molecular flexibility index (Phi) is 7.74. The fourth-order valence-electron chi connectivity index (χ4n) is 7.23. The second kappa shape index (κ2) is 10.5. The summed E-state index contributed by atoms with van der Waals surface area (Å²) in [7, 11) is 0. The Morgan fingerprint density at radius 3 is 2.12 bits per heavy atom. The van der Waals surface area contributed by atoms with Crippen LogP contribution in [0.15, 0.2) is 18.3 Å². The number of alkyl halides is 3. The van der Waals surface area contributed by atoms with Crippen LogP contribution in [0, 0.1) is 29.6 Å². The number of nitrogens with zero attached hydrogens (tertiary/aromatic N) is 3. The molecule has 0 bridgehead atoms. The zero-order chi connectivity index (χ0) is 30.9. The number of carboxylic acid groups (broad SMARTS) is 1. The average molecular weight is 629 g/mol. The van der Waals surface area contributed by atoms with E-state index in [1.54, 1.807) is 26.0 Å². The Balaban J connectivity index is 1.48. The molecule has 0 aliphatic heterocycles. The van der Waals surface area contributed by atoms with Crippen molar-refractivity contribution in [3.8, 4) is 0 Å². The number of carbonyl (C=O) groups excluding carboxylic acids is 2. The molecule has 228 valence electrons. The van der Waals surface area contributed by atoms with Gasteiger partial charge in [-0.05, 0) is 87.3 Å². The number of hydrogen-bond acceptors (Lipinski definition) is 4. The number of Topliss-reactive ketones (excluding diaryl/α,β-unsaturated/α-hetero) is 1. The first kappa shape index (κ1) is 30.9. The third-order valence-electron chi connectivity index (χ3n) is 10.0. The standard InChI is InChI=1S/C30H34Cl2F3N3O4/c1-15-9-21(31)24(22(32)10-15)23(39)14-37(17-11-19-20(12-17)28(19,2)3)26(40)18-13-36-38(25(18)30(33,34)35)16-5-7-29(4,8-6-16)27(41)42/h9-10,13,16-17,19-20H,5-8,11-12,14H2,1-4H3,(H,41,42)/t16-,17-,19+,20-,29-. The number of fused-ring (bicyclic) bond motifs is 1. The molecule has 5 rings (SSSR count). The van der Waals surface area contributed by atoms with Crippen molar-refractivity contribution in [3.05, 3.63) is 50.8 Å². The van der Waals surface area contributed by atoms with E-state index in [0.717, 1.165) is 16.4 Å². The van der Waals surface area contributed by atoms with Crippen molar-refractivity contribution in [1.82, 2.24) is 14.7 Å². The zero-order valence-corrected chi connectivity index (χ0v) is 25.4. The first-order valence-electron chi connectivity index (χ1n) is 14.1. The summed E-state index contributed by atoms with van der Waals surface area (Å²) in [5, 5.41) is 13.8. The zero-order valence-electron chi connectivity index (χ0n) is 23.9. The number of aryl methyl sites for hydroxylation is 1. The molecule has 3 aliphatic carbocycles. The Morgan fingerprint density at radius 1 is 1.07 bits per heavy atom. The van der Waals surface area contributed by atoms with Crippen LogP contribution in [0.5, 0.6) is 0 Å². The molecule has 3 fully saturated rings. The van der Waals surface area contributed by atoms with Crippen molar-refractivity contribution in [2.45, 2.75) is 84.5 Å². The minimum Gasteiger partial charge on any atom is -0.481 e. The molecule has 1 heterocycles. The highest BCUT2D eigenvalue weighted by atomic mass is 35.5. The number of carboxylic acids is 1. The van der Waals surface area contributed by atoms with Gasteiger partial charge in [0.05, 0.1) is 45.4 Å². The Bertz CT molecular complexity index is 1410. The van der Waals surface area contributed by atoms with Crippen molar-refractivity contribution >= 4 is 40.9 Å². The highest BCUT2D eigenvalue weighted by Gasteiger charge is 2.63. The lowest BCUT2D eigenvalue weighted by atomic mass is 9.74. The number of halogens is 5. The normalized spacial score (nSPS) is 28.3. The van der Waals surface area contributed by atoms with Gasteiger partial charge in [0.1, 0.15) is 0 Å². The maximum atomic E-state index is 14.6. The van der Waals surface area contributed by atoms with E-state index in [4.69, 9.17) is 23.2 Å². The molecule has 3 atom stereocenters. The number of ketones is 1. The van der Waals surface area contributed by atoms with Crippen LogP contribution in [-0.4, -0.2) is 50.0 Å². The van der Waals surface area contributed by atoms with Gasteiger partial charge in [-0.25, -0.2) is 0 Å². The molecular weight excluding hydrogens is 594 g/mol. The van der Waals surface area contributed by atoms with Crippen LogP contribution in [0.3, 0.4) is 0 Å². The first-order chi connectivity index (χ1) is 19.5. The lowest BCUT2D eigenvalue weighted by molar-refractivity contribution is -0.152. The van der Waals surface area contributed by atoms with Crippen LogP contribution >= 0.6 is 23.2 Å². The van der Waals surface area contributed by atoms with Gasteiger partial charge >= 0.3 is 12.1 Å². The van der Waals surface area contributed by atoms with E-state index in [-0.39, 0.29) is 46.7 Å². The molecule has 0 spiro atoms. The van der Waals surface area contributed by atoms with Gasteiger partial charge in [0.2, 0.25) is 0 Å². The van der Waals surface area contributed by atoms with Crippen LogP contribution in [0.2, 0.25) is 10.0 Å². The number of amides is 1. The monoisotopic (exact) mass is 627 g/mol. The number of aliphatic carboxylic acids is 1. The summed E-state index contributed by atoms with van der Waals surface area (Å²) in [5.41, 5.74) is -1.96. The van der Waals surface area contributed by atoms with Gasteiger partial charge in [0.15, 0.2) is 11.5 Å². The molecule has 1 amide bonds. The summed E-state index contributed by atoms with van der Waals surface area (Å²) in [6.07, 6.45) is -2.09. The van der Waals surface area contributed by atoms with E-state index < -0.39 is 59.1 Å². The van der Waals surface area contributed by atoms with Crippen LogP contribution in [0.25, 0.3) is 0 Å². The maximum absolute atomic E-state index is 14.6. The summed E-state index contributed by atoms with van der Waals surface area (Å²) < 4.78 is 44.6. The number of hydrogen-bond donors (Lipinski definition) is 1. The van der Waals surface area contributed by atoms with Gasteiger partial charge in [0.25, 0.3) is 5.91 Å². The predicted molar refractivity (Wildman–Crippen MR) is 151 cm³/mol. The highest BCUT2D eigenvalue weighted by Crippen LogP contribution is 2.67. The molecule has 12 heteroatoms. The van der Waals surface area contributed by atoms with Gasteiger partial charge in [-0.2, -0.15) is 18.3 Å². The summed E-state index contributed by atoms with van der Waals surface area (Å²) in [4.78, 5) is 40.5. The Morgan fingerprint density at radius 2 is 1.62 bits per heavy atom. The SMILES string of the molecule is Cc1cc(Cl)c(C(=O)CN(C(=O)c2cnn([C@H]3CC[C@](C)(C(=O)O)CC3)c2C(F)(F)F)[C@H]2C[C@@H]3[C@H](C2)C3(C)C)c(Cl)c1. The third-order valence-corrected chi connectivity index (χ3v) is 10.6. The van der Waals surface area contributed by atoms with Crippen molar-refractivity contribution in [2.24, 2.45) is 22.7 Å². The summed E-state index contributed by atoms with van der Waals surface area (Å²) in [6.45, 7) is 7.14. The van der Waals surface area contributed by atoms with E-state index in [1.807, 2.05) is 0 Å². The lowest BCUT2D eigenvalue weighted by Gasteiger charge is -2.35. The van der Waals surface area contributed by atoms with Gasteiger partial charge < -0.3 is 10.0 Å². The number of aromatic nitrogens is 2. The molecule has 2 aromatic rings. The van der Waals surface area contributed by atoms with Crippen LogP contribution in [-0.2, 0) is 11.0 Å². The van der Waals surface area contributed by atoms with Gasteiger partial charge in [0, 0.05) is 6.04 Å². The molecule has 42 heavy (non-hydrogen) atoms. The molecule has 3 saturated carbocycles. The smallest absolute Gasteiger partial charge is 0.433 e. The minimum atomic E-state index is -4.91. The largest absolute Gasteiger partial charge is 0.481 e. The van der Waals surface area contributed by atoms with E-state index in [2.05, 4.69) is 18.9 Å². The molecule has 3 aliphatic rings. The van der Waals surface area contributed by atoms with Gasteiger partial charge in [-0.3, -0.25) is 19.1 Å². The molecule has 0 unspecified atom stereocenters. The summed E-state index contributed by atoms with van der Waals surface area (Å²) >= 11 is 12.7. The predicted octanol–water partition coefficient (Wildman–Crippen LogP) is 7.48. The van der Waals surface area contributed by atoms with Crippen molar-refractivity contribution in [3.63, 3.8) is 0 Å². The van der Waals surface area contributed by atoms with Crippen LogP contribution in [0.4, 0.5) is 13.2 Å². The number of rotatable bonds is 7. The lowest BCUT2D eigenvalue weighted by Crippen LogP contribution is -2.44. The molecule has 0 saturated heterocycles. The van der Waals surface area contributed by atoms with E-state index in [0.29, 0.717) is 24.7 Å². The van der Waals surface area contributed by atoms with Crippen molar-refractivity contribution < 1.29 is 32.7 Å². The fourth-order valence-corrected chi connectivity index (χ4v) is 8.04. The van der Waals surface area contributed by atoms with E-state index in [1.165, 1.54) is 4.90 Å². The van der Waals surface area contributed by atoms with Crippen LogP contribution < -0.4 is 0 Å². The number of carbonyl (C=O) groups is 3. The maximum Gasteiger partial charge on any atom is 0.433 e. The highest BCUT2D eigenvalue weighted by molar-refractivity contribution is 6.40. The molecule has 1 N–H and O–H groups in total. The molecule has 7 nitrogen and oxygen atoms in total. The second-order valence-electron chi connectivity index (χ2n) is 13.1. The Labute approximate surface area is 252 Å². The van der Waals surface area contributed by atoms with Crippen molar-refractivity contribution in [2.75, 3.05) is 6.54 Å². The fraction of sp³-hybridized carbons (Fsp3) is 0.600. The second-order valence-corrected chi connectivity index (χ2v) is 13.9. The van der Waals surface area contributed by atoms with E-state index in [9.17, 15) is 32.7 Å². The molecule has 1 aromatic carbocycles. The van der Waals surface area contributed by atoms with Gasteiger partial charge in [-0.15, -0.1) is 0 Å². The average Bonchev–Trinajstić information content (AvgIpc) is 3.30. The van der Waals surface area contributed by atoms with E-state index >= 15 is 0 Å². The summed E-state index contributed by atoms with van der Waals surface area (Å²) in [5.74, 6) is -1.83. The molecule has 0 radical (unpaired) electrons. The van der Waals surface area contributed by atoms with Crippen molar-refractivity contribution in [1.29, 1.82) is 0 Å². The van der Waals surface area contributed by atoms with Gasteiger partial charge in [-0.1, -0.05) is 37.0 Å². The quantitative estimate of drug-likeness (QED) is 0.321. The minimum absolute atomic E-state index is 0.0284. The first-order valence-corrected chi connectivity index (χ1v) is 14.9. The Hall–Kier alpha value is -2.59. The third kappa shape index (κ3) is 5.34. The molecule has 1 aromatic heterocycles. The number of benzene rings is 1. The summed E-state index contributed by atoms with van der Waals surface area (Å²) in [6, 6.07) is 2.01.